The molecule has 142 valence electrons. The summed E-state index contributed by atoms with van der Waals surface area (Å²) >= 11 is 12.9. The summed E-state index contributed by atoms with van der Waals surface area (Å²) in [6, 6.07) is 11.4. The number of nitrogens with zero attached hydrogens (tertiary/aromatic N) is 2. The first kappa shape index (κ1) is 17.8. The van der Waals surface area contributed by atoms with Crippen LogP contribution in [0, 0.1) is 0 Å². The van der Waals surface area contributed by atoms with Crippen molar-refractivity contribution in [2.45, 2.75) is 44.6 Å². The van der Waals surface area contributed by atoms with Crippen molar-refractivity contribution < 1.29 is 0 Å². The lowest BCUT2D eigenvalue weighted by molar-refractivity contribution is 0.193. The lowest BCUT2D eigenvalue weighted by Gasteiger charge is -2.40. The molecule has 0 aromatic heterocycles. The number of halogens is 2. The van der Waals surface area contributed by atoms with Gasteiger partial charge in [-0.15, -0.1) is 0 Å². The maximum atomic E-state index is 6.57. The smallest absolute Gasteiger partial charge is 0.0670 e. The van der Waals surface area contributed by atoms with Crippen LogP contribution in [0.15, 0.2) is 30.3 Å². The van der Waals surface area contributed by atoms with Gasteiger partial charge in [0.2, 0.25) is 0 Å². The number of anilines is 1. The number of benzene rings is 2. The van der Waals surface area contributed by atoms with E-state index in [1.807, 2.05) is 12.1 Å². The summed E-state index contributed by atoms with van der Waals surface area (Å²) in [5, 5.41) is 1.30. The highest BCUT2D eigenvalue weighted by atomic mass is 35.5. The van der Waals surface area contributed by atoms with E-state index < -0.39 is 0 Å². The molecule has 2 aromatic rings. The lowest BCUT2D eigenvalue weighted by atomic mass is 9.86. The summed E-state index contributed by atoms with van der Waals surface area (Å²) in [6.45, 7) is 7.14. The molecule has 4 heteroatoms. The largest absolute Gasteiger partial charge is 0.367 e. The Kier molecular flexibility index (Phi) is 4.62. The van der Waals surface area contributed by atoms with Gasteiger partial charge in [0, 0.05) is 42.8 Å². The average molecular weight is 401 g/mol. The zero-order valence-electron chi connectivity index (χ0n) is 15.8. The normalized spacial score (nSPS) is 24.0. The van der Waals surface area contributed by atoms with Crippen LogP contribution >= 0.6 is 23.2 Å². The Hall–Kier alpha value is -1.22. The molecule has 3 heterocycles. The molecule has 1 saturated heterocycles. The molecule has 0 radical (unpaired) electrons. The van der Waals surface area contributed by atoms with Gasteiger partial charge in [-0.25, -0.2) is 0 Å². The van der Waals surface area contributed by atoms with Crippen LogP contribution in [0.2, 0.25) is 10.0 Å². The van der Waals surface area contributed by atoms with E-state index in [2.05, 4.69) is 34.9 Å². The highest BCUT2D eigenvalue weighted by Gasteiger charge is 2.43. The van der Waals surface area contributed by atoms with Gasteiger partial charge in [-0.2, -0.15) is 0 Å². The molecule has 1 fully saturated rings. The quantitative estimate of drug-likeness (QED) is 0.623. The maximum Gasteiger partial charge on any atom is 0.0670 e. The Balaban J connectivity index is 1.62. The second-order valence-electron chi connectivity index (χ2n) is 8.23. The first-order valence-corrected chi connectivity index (χ1v) is 11.0. The minimum Gasteiger partial charge on any atom is -0.367 e. The predicted octanol–water partition coefficient (Wildman–Crippen LogP) is 5.99. The van der Waals surface area contributed by atoms with E-state index in [1.165, 1.54) is 68.7 Å². The number of aryl methyl sites for hydroxylation is 1. The Morgan fingerprint density at radius 1 is 1.15 bits per heavy atom. The molecule has 2 nitrogen and oxygen atoms in total. The van der Waals surface area contributed by atoms with E-state index in [1.54, 1.807) is 5.56 Å². The molecule has 0 spiro atoms. The van der Waals surface area contributed by atoms with Gasteiger partial charge in [0.1, 0.15) is 0 Å². The van der Waals surface area contributed by atoms with Gasteiger partial charge in [0.15, 0.2) is 0 Å². The Labute approximate surface area is 172 Å². The maximum absolute atomic E-state index is 6.57. The number of hydrogen-bond acceptors (Lipinski definition) is 2. The van der Waals surface area contributed by atoms with Gasteiger partial charge >= 0.3 is 0 Å². The van der Waals surface area contributed by atoms with Crippen LogP contribution in [0.5, 0.6) is 0 Å². The first-order valence-electron chi connectivity index (χ1n) is 10.3. The van der Waals surface area contributed by atoms with Crippen molar-refractivity contribution in [2.75, 3.05) is 31.1 Å². The molecule has 0 amide bonds. The van der Waals surface area contributed by atoms with E-state index in [4.69, 9.17) is 23.2 Å². The summed E-state index contributed by atoms with van der Waals surface area (Å²) in [4.78, 5) is 5.39. The standard InChI is InChI=1S/C23H26Cl2N2/c1-2-9-26-11-8-21-19(14-26)18-13-16(17-6-3-7-20(24)22(17)25)12-15-5-4-10-27(21)23(15)18/h3,6-7,12-13,19,21H,2,4-5,8-11,14H2,1H3/t19-,21-/m0/s1. The SMILES string of the molecule is CCCN1CC[C@H]2[C@@H](C1)c1cc(-c3cccc(Cl)c3Cl)cc3c1N2CCC3. The van der Waals surface area contributed by atoms with Crippen LogP contribution in [0.25, 0.3) is 11.1 Å². The zero-order chi connectivity index (χ0) is 18.5. The molecule has 0 unspecified atom stereocenters. The van der Waals surface area contributed by atoms with Crippen molar-refractivity contribution in [3.05, 3.63) is 51.5 Å². The van der Waals surface area contributed by atoms with Crippen molar-refractivity contribution in [3.63, 3.8) is 0 Å². The third kappa shape index (κ3) is 2.88. The van der Waals surface area contributed by atoms with Crippen molar-refractivity contribution in [3.8, 4) is 11.1 Å². The Bertz CT molecular complexity index is 879. The lowest BCUT2D eigenvalue weighted by Crippen LogP contribution is -2.47. The number of hydrogen-bond donors (Lipinski definition) is 0. The number of rotatable bonds is 3. The van der Waals surface area contributed by atoms with Gasteiger partial charge in [-0.3, -0.25) is 0 Å². The van der Waals surface area contributed by atoms with Crippen LogP contribution in [0.1, 0.15) is 43.2 Å². The Morgan fingerprint density at radius 2 is 2.04 bits per heavy atom. The van der Waals surface area contributed by atoms with Gasteiger partial charge < -0.3 is 9.80 Å². The minimum atomic E-state index is 0.620. The van der Waals surface area contributed by atoms with Crippen molar-refractivity contribution >= 4 is 28.9 Å². The molecule has 2 aromatic carbocycles. The van der Waals surface area contributed by atoms with E-state index in [-0.39, 0.29) is 0 Å². The number of likely N-dealkylation sites (tertiary alicyclic amines) is 1. The van der Waals surface area contributed by atoms with E-state index in [9.17, 15) is 0 Å². The van der Waals surface area contributed by atoms with Crippen LogP contribution in [0.4, 0.5) is 5.69 Å². The molecule has 27 heavy (non-hydrogen) atoms. The fraction of sp³-hybridized carbons (Fsp3) is 0.478. The van der Waals surface area contributed by atoms with Gasteiger partial charge in [-0.05, 0) is 67.1 Å². The molecular formula is C23H26Cl2N2. The Morgan fingerprint density at radius 3 is 2.89 bits per heavy atom. The molecule has 3 aliphatic heterocycles. The molecule has 0 aliphatic carbocycles. The highest BCUT2D eigenvalue weighted by molar-refractivity contribution is 6.43. The third-order valence-electron chi connectivity index (χ3n) is 6.61. The first-order chi connectivity index (χ1) is 13.2. The van der Waals surface area contributed by atoms with Crippen LogP contribution in [-0.2, 0) is 6.42 Å². The number of fused-ring (bicyclic) bond motifs is 3. The van der Waals surface area contributed by atoms with Crippen LogP contribution < -0.4 is 4.90 Å². The fourth-order valence-electron chi connectivity index (χ4n) is 5.51. The summed E-state index contributed by atoms with van der Waals surface area (Å²) in [7, 11) is 0. The van der Waals surface area contributed by atoms with Crippen molar-refractivity contribution in [1.82, 2.24) is 4.90 Å². The predicted molar refractivity (Wildman–Crippen MR) is 115 cm³/mol. The molecule has 2 atom stereocenters. The van der Waals surface area contributed by atoms with Crippen LogP contribution in [0.3, 0.4) is 0 Å². The number of piperidine rings is 1. The average Bonchev–Trinajstić information content (AvgIpc) is 2.99. The van der Waals surface area contributed by atoms with Gasteiger partial charge in [0.05, 0.1) is 10.0 Å². The molecule has 5 rings (SSSR count). The van der Waals surface area contributed by atoms with Gasteiger partial charge in [-0.1, -0.05) is 42.3 Å². The molecule has 0 bridgehead atoms. The topological polar surface area (TPSA) is 6.48 Å². The van der Waals surface area contributed by atoms with E-state index in [0.29, 0.717) is 22.0 Å². The van der Waals surface area contributed by atoms with Crippen LogP contribution in [-0.4, -0.2) is 37.1 Å². The second-order valence-corrected chi connectivity index (χ2v) is 9.02. The van der Waals surface area contributed by atoms with E-state index in [0.717, 1.165) is 5.56 Å². The van der Waals surface area contributed by atoms with Crippen molar-refractivity contribution in [1.29, 1.82) is 0 Å². The third-order valence-corrected chi connectivity index (χ3v) is 7.43. The molecule has 0 N–H and O–H groups in total. The van der Waals surface area contributed by atoms with Crippen molar-refractivity contribution in [2.24, 2.45) is 0 Å². The second kappa shape index (κ2) is 6.99. The summed E-state index contributed by atoms with van der Waals surface area (Å²) in [5.41, 5.74) is 6.87. The zero-order valence-corrected chi connectivity index (χ0v) is 17.4. The summed E-state index contributed by atoms with van der Waals surface area (Å²) in [6.07, 6.45) is 4.94. The highest BCUT2D eigenvalue weighted by Crippen LogP contribution is 2.50. The molecule has 3 aliphatic rings. The monoisotopic (exact) mass is 400 g/mol. The molecule has 0 saturated carbocycles. The fourth-order valence-corrected chi connectivity index (χ4v) is 5.92. The summed E-state index contributed by atoms with van der Waals surface area (Å²) < 4.78 is 0. The molecular weight excluding hydrogens is 375 g/mol. The summed E-state index contributed by atoms with van der Waals surface area (Å²) in [5.74, 6) is 0.620. The minimum absolute atomic E-state index is 0.620. The van der Waals surface area contributed by atoms with E-state index >= 15 is 0 Å². The van der Waals surface area contributed by atoms with Gasteiger partial charge in [0.25, 0.3) is 0 Å².